The van der Waals surface area contributed by atoms with Gasteiger partial charge in [-0.2, -0.15) is 0 Å². The minimum atomic E-state index is 0.386. The molecule has 118 valence electrons. The molecule has 0 spiro atoms. The molecule has 0 aliphatic heterocycles. The molecule has 3 atom stereocenters. The lowest BCUT2D eigenvalue weighted by Gasteiger charge is -2.48. The van der Waals surface area contributed by atoms with Crippen molar-refractivity contribution < 1.29 is 0 Å². The Morgan fingerprint density at radius 2 is 1.60 bits per heavy atom. The molecule has 2 nitrogen and oxygen atoms in total. The third-order valence-electron chi connectivity index (χ3n) is 6.67. The molecular weight excluding hydrogens is 244 g/mol. The molecule has 2 saturated carbocycles. The first-order valence-electron chi connectivity index (χ1n) is 8.88. The maximum Gasteiger partial charge on any atom is 0.00923 e. The van der Waals surface area contributed by atoms with Gasteiger partial charge in [0.05, 0.1) is 0 Å². The summed E-state index contributed by atoms with van der Waals surface area (Å²) in [5, 5.41) is 0. The Morgan fingerprint density at radius 3 is 2.20 bits per heavy atom. The van der Waals surface area contributed by atoms with Crippen LogP contribution < -0.4 is 5.73 Å². The molecule has 0 radical (unpaired) electrons. The third kappa shape index (κ3) is 3.57. The van der Waals surface area contributed by atoms with Crippen molar-refractivity contribution in [2.45, 2.75) is 84.2 Å². The van der Waals surface area contributed by atoms with Crippen LogP contribution in [-0.2, 0) is 0 Å². The Kier molecular flexibility index (Phi) is 5.53. The van der Waals surface area contributed by atoms with Crippen molar-refractivity contribution in [1.29, 1.82) is 0 Å². The monoisotopic (exact) mass is 280 g/mol. The first-order chi connectivity index (χ1) is 9.43. The zero-order valence-corrected chi connectivity index (χ0v) is 14.2. The van der Waals surface area contributed by atoms with Crippen molar-refractivity contribution in [3.05, 3.63) is 0 Å². The Balaban J connectivity index is 1.94. The van der Waals surface area contributed by atoms with Gasteiger partial charge in [0.15, 0.2) is 0 Å². The molecule has 2 aliphatic rings. The summed E-state index contributed by atoms with van der Waals surface area (Å²) in [7, 11) is 2.37. The zero-order valence-electron chi connectivity index (χ0n) is 14.2. The van der Waals surface area contributed by atoms with Crippen LogP contribution in [0, 0.1) is 17.3 Å². The number of rotatable bonds is 3. The van der Waals surface area contributed by atoms with Gasteiger partial charge in [0.2, 0.25) is 0 Å². The molecule has 0 heterocycles. The van der Waals surface area contributed by atoms with E-state index >= 15 is 0 Å². The molecule has 2 fully saturated rings. The molecular formula is C18H36N2. The van der Waals surface area contributed by atoms with E-state index in [0.717, 1.165) is 12.0 Å². The van der Waals surface area contributed by atoms with Crippen LogP contribution in [0.1, 0.15) is 72.1 Å². The van der Waals surface area contributed by atoms with Gasteiger partial charge in [0, 0.05) is 18.6 Å². The Morgan fingerprint density at radius 1 is 1.00 bits per heavy atom. The molecule has 0 aromatic rings. The predicted octanol–water partition coefficient (Wildman–Crippen LogP) is 4.04. The summed E-state index contributed by atoms with van der Waals surface area (Å²) in [5.74, 6) is 1.45. The van der Waals surface area contributed by atoms with Crippen LogP contribution in [0.3, 0.4) is 0 Å². The lowest BCUT2D eigenvalue weighted by atomic mass is 9.61. The SMILES string of the molecule is CC1C(N)CCC(CN(C)C2CCCCCC2)C1(C)C. The van der Waals surface area contributed by atoms with Crippen LogP contribution >= 0.6 is 0 Å². The lowest BCUT2D eigenvalue weighted by Crippen LogP contribution is -2.50. The molecule has 20 heavy (non-hydrogen) atoms. The third-order valence-corrected chi connectivity index (χ3v) is 6.67. The molecule has 3 unspecified atom stereocenters. The number of nitrogens with two attached hydrogens (primary N) is 1. The van der Waals surface area contributed by atoms with Gasteiger partial charge < -0.3 is 10.6 Å². The van der Waals surface area contributed by atoms with Gasteiger partial charge in [0.25, 0.3) is 0 Å². The average molecular weight is 280 g/mol. The minimum absolute atomic E-state index is 0.386. The van der Waals surface area contributed by atoms with Gasteiger partial charge in [-0.1, -0.05) is 46.5 Å². The van der Waals surface area contributed by atoms with E-state index in [2.05, 4.69) is 32.7 Å². The molecule has 0 aromatic heterocycles. The maximum atomic E-state index is 6.30. The number of hydrogen-bond acceptors (Lipinski definition) is 2. The second-order valence-electron chi connectivity index (χ2n) is 8.13. The highest BCUT2D eigenvalue weighted by molar-refractivity contribution is 4.94. The molecule has 0 amide bonds. The average Bonchev–Trinajstić information content (AvgIpc) is 2.69. The van der Waals surface area contributed by atoms with E-state index in [4.69, 9.17) is 5.73 Å². The summed E-state index contributed by atoms with van der Waals surface area (Å²) in [6.07, 6.45) is 11.1. The molecule has 2 aliphatic carbocycles. The summed E-state index contributed by atoms with van der Waals surface area (Å²) in [4.78, 5) is 2.68. The largest absolute Gasteiger partial charge is 0.327 e. The minimum Gasteiger partial charge on any atom is -0.327 e. The van der Waals surface area contributed by atoms with Gasteiger partial charge in [-0.15, -0.1) is 0 Å². The van der Waals surface area contributed by atoms with E-state index in [1.165, 1.54) is 57.9 Å². The zero-order chi connectivity index (χ0) is 14.8. The van der Waals surface area contributed by atoms with E-state index in [0.29, 0.717) is 17.4 Å². The van der Waals surface area contributed by atoms with E-state index in [9.17, 15) is 0 Å². The summed E-state index contributed by atoms with van der Waals surface area (Å²) >= 11 is 0. The van der Waals surface area contributed by atoms with Crippen molar-refractivity contribution in [2.75, 3.05) is 13.6 Å². The smallest absolute Gasteiger partial charge is 0.00923 e. The summed E-state index contributed by atoms with van der Waals surface area (Å²) in [6, 6.07) is 1.24. The predicted molar refractivity (Wildman–Crippen MR) is 87.8 cm³/mol. The maximum absolute atomic E-state index is 6.30. The fourth-order valence-corrected chi connectivity index (χ4v) is 4.46. The first-order valence-corrected chi connectivity index (χ1v) is 8.88. The highest BCUT2D eigenvalue weighted by atomic mass is 15.1. The highest BCUT2D eigenvalue weighted by Gasteiger charge is 2.42. The van der Waals surface area contributed by atoms with Crippen LogP contribution in [0.4, 0.5) is 0 Å². The van der Waals surface area contributed by atoms with E-state index in [1.54, 1.807) is 0 Å². The quantitative estimate of drug-likeness (QED) is 0.791. The molecule has 0 bridgehead atoms. The van der Waals surface area contributed by atoms with E-state index in [-0.39, 0.29) is 0 Å². The van der Waals surface area contributed by atoms with Crippen molar-refractivity contribution in [3.8, 4) is 0 Å². The van der Waals surface area contributed by atoms with Crippen molar-refractivity contribution >= 4 is 0 Å². The Hall–Kier alpha value is -0.0800. The van der Waals surface area contributed by atoms with Gasteiger partial charge in [-0.25, -0.2) is 0 Å². The van der Waals surface area contributed by atoms with Crippen molar-refractivity contribution in [2.24, 2.45) is 23.0 Å². The van der Waals surface area contributed by atoms with Crippen LogP contribution in [0.5, 0.6) is 0 Å². The van der Waals surface area contributed by atoms with Gasteiger partial charge in [-0.3, -0.25) is 0 Å². The second kappa shape index (κ2) is 6.79. The summed E-state index contributed by atoms with van der Waals surface area (Å²) in [5.41, 5.74) is 6.68. The number of nitrogens with zero attached hydrogens (tertiary/aromatic N) is 1. The van der Waals surface area contributed by atoms with Crippen LogP contribution in [0.15, 0.2) is 0 Å². The van der Waals surface area contributed by atoms with Crippen molar-refractivity contribution in [3.63, 3.8) is 0 Å². The van der Waals surface area contributed by atoms with Crippen LogP contribution in [0.25, 0.3) is 0 Å². The van der Waals surface area contributed by atoms with E-state index < -0.39 is 0 Å². The molecule has 2 rings (SSSR count). The Labute approximate surface area is 126 Å². The number of hydrogen-bond donors (Lipinski definition) is 1. The van der Waals surface area contributed by atoms with Gasteiger partial charge in [0.1, 0.15) is 0 Å². The standard InChI is InChI=1S/C18H36N2/c1-14-17(19)12-11-15(18(14,2)3)13-20(4)16-9-7-5-6-8-10-16/h14-17H,5-13,19H2,1-4H3. The second-order valence-corrected chi connectivity index (χ2v) is 8.13. The van der Waals surface area contributed by atoms with Gasteiger partial charge in [-0.05, 0) is 50.0 Å². The fraction of sp³-hybridized carbons (Fsp3) is 1.00. The van der Waals surface area contributed by atoms with E-state index in [1.807, 2.05) is 0 Å². The molecule has 2 N–H and O–H groups in total. The topological polar surface area (TPSA) is 29.3 Å². The normalized spacial score (nSPS) is 36.0. The summed E-state index contributed by atoms with van der Waals surface area (Å²) in [6.45, 7) is 8.53. The first kappa shape index (κ1) is 16.3. The van der Waals surface area contributed by atoms with Crippen LogP contribution in [0.2, 0.25) is 0 Å². The molecule has 0 aromatic carbocycles. The van der Waals surface area contributed by atoms with Gasteiger partial charge >= 0.3 is 0 Å². The fourth-order valence-electron chi connectivity index (χ4n) is 4.46. The Bertz CT molecular complexity index is 292. The molecule has 0 saturated heterocycles. The van der Waals surface area contributed by atoms with Crippen molar-refractivity contribution in [1.82, 2.24) is 4.90 Å². The molecule has 2 heteroatoms. The summed E-state index contributed by atoms with van der Waals surface area (Å²) < 4.78 is 0. The highest BCUT2D eigenvalue weighted by Crippen LogP contribution is 2.44. The lowest BCUT2D eigenvalue weighted by molar-refractivity contribution is 0.0239. The van der Waals surface area contributed by atoms with Crippen LogP contribution in [-0.4, -0.2) is 30.6 Å².